The standard InChI is InChI=1S/C22H40N6.HI/c1-5-23-22(25-19-20(3)28-17-15-26(4)16-18-28)24-13-10-14-27(6-2)21-11-8-7-9-12-21;/h7-9,11-12,20H,5-6,10,13-19H2,1-4H3,(H2,23,24,25);1H. The number of aliphatic imine (C=N–C) groups is 1. The third kappa shape index (κ3) is 9.53. The molecular weight excluding hydrogens is 475 g/mol. The van der Waals surface area contributed by atoms with Gasteiger partial charge in [0.25, 0.3) is 0 Å². The Hall–Kier alpha value is -1.06. The van der Waals surface area contributed by atoms with Crippen LogP contribution in [-0.4, -0.2) is 87.8 Å². The molecule has 1 saturated heterocycles. The Kier molecular flexibility index (Phi) is 13.3. The largest absolute Gasteiger partial charge is 0.372 e. The zero-order valence-electron chi connectivity index (χ0n) is 18.7. The van der Waals surface area contributed by atoms with E-state index in [0.717, 1.165) is 71.3 Å². The molecule has 0 bridgehead atoms. The molecule has 1 atom stereocenters. The lowest BCUT2D eigenvalue weighted by Gasteiger charge is -2.35. The molecule has 0 aromatic heterocycles. The average molecular weight is 517 g/mol. The number of likely N-dealkylation sites (N-methyl/N-ethyl adjacent to an activating group) is 1. The number of para-hydroxylation sites is 1. The topological polar surface area (TPSA) is 46.1 Å². The molecule has 2 rings (SSSR count). The van der Waals surface area contributed by atoms with Crippen molar-refractivity contribution in [2.24, 2.45) is 4.99 Å². The molecule has 0 amide bonds. The predicted octanol–water partition coefficient (Wildman–Crippen LogP) is 2.71. The molecule has 1 heterocycles. The number of rotatable bonds is 10. The summed E-state index contributed by atoms with van der Waals surface area (Å²) < 4.78 is 0. The van der Waals surface area contributed by atoms with Crippen LogP contribution < -0.4 is 15.5 Å². The molecule has 1 aliphatic heterocycles. The van der Waals surface area contributed by atoms with Gasteiger partial charge in [0, 0.05) is 64.1 Å². The highest BCUT2D eigenvalue weighted by Crippen LogP contribution is 2.12. The van der Waals surface area contributed by atoms with Crippen molar-refractivity contribution in [2.75, 3.05) is 70.9 Å². The van der Waals surface area contributed by atoms with E-state index in [2.05, 4.69) is 83.5 Å². The van der Waals surface area contributed by atoms with Crippen LogP contribution in [0.25, 0.3) is 0 Å². The van der Waals surface area contributed by atoms with Crippen molar-refractivity contribution in [3.63, 3.8) is 0 Å². The molecule has 0 saturated carbocycles. The fraction of sp³-hybridized carbons (Fsp3) is 0.682. The third-order valence-corrected chi connectivity index (χ3v) is 5.42. The van der Waals surface area contributed by atoms with Crippen molar-refractivity contribution in [3.8, 4) is 0 Å². The van der Waals surface area contributed by atoms with E-state index in [9.17, 15) is 0 Å². The van der Waals surface area contributed by atoms with Crippen LogP contribution in [0, 0.1) is 0 Å². The Morgan fingerprint density at radius 3 is 2.41 bits per heavy atom. The molecule has 7 heteroatoms. The van der Waals surface area contributed by atoms with Gasteiger partial charge < -0.3 is 20.4 Å². The Morgan fingerprint density at radius 1 is 1.10 bits per heavy atom. The van der Waals surface area contributed by atoms with Crippen LogP contribution in [-0.2, 0) is 0 Å². The molecule has 6 nitrogen and oxygen atoms in total. The number of hydrogen-bond donors (Lipinski definition) is 2. The van der Waals surface area contributed by atoms with Gasteiger partial charge in [0.05, 0.1) is 6.54 Å². The molecule has 2 N–H and O–H groups in total. The van der Waals surface area contributed by atoms with Gasteiger partial charge in [-0.2, -0.15) is 0 Å². The van der Waals surface area contributed by atoms with Crippen molar-refractivity contribution >= 4 is 35.6 Å². The van der Waals surface area contributed by atoms with Gasteiger partial charge in [0.2, 0.25) is 0 Å². The molecular formula is C22H41IN6. The summed E-state index contributed by atoms with van der Waals surface area (Å²) in [5.74, 6) is 0.936. The molecule has 166 valence electrons. The van der Waals surface area contributed by atoms with E-state index in [4.69, 9.17) is 4.99 Å². The van der Waals surface area contributed by atoms with Crippen LogP contribution in [0.2, 0.25) is 0 Å². The van der Waals surface area contributed by atoms with Crippen molar-refractivity contribution < 1.29 is 0 Å². The van der Waals surface area contributed by atoms with Crippen LogP contribution in [0.1, 0.15) is 27.2 Å². The van der Waals surface area contributed by atoms with Crippen LogP contribution in [0.15, 0.2) is 35.3 Å². The van der Waals surface area contributed by atoms with Gasteiger partial charge >= 0.3 is 0 Å². The van der Waals surface area contributed by atoms with E-state index >= 15 is 0 Å². The van der Waals surface area contributed by atoms with Crippen molar-refractivity contribution in [3.05, 3.63) is 30.3 Å². The van der Waals surface area contributed by atoms with Crippen LogP contribution in [0.5, 0.6) is 0 Å². The third-order valence-electron chi connectivity index (χ3n) is 5.42. The minimum atomic E-state index is 0. The number of nitrogens with one attached hydrogen (secondary N) is 2. The zero-order valence-corrected chi connectivity index (χ0v) is 21.1. The first-order chi connectivity index (χ1) is 13.6. The number of nitrogens with zero attached hydrogens (tertiary/aromatic N) is 4. The zero-order chi connectivity index (χ0) is 20.2. The number of piperazine rings is 1. The highest BCUT2D eigenvalue weighted by molar-refractivity contribution is 14.0. The minimum Gasteiger partial charge on any atom is -0.372 e. The van der Waals surface area contributed by atoms with Gasteiger partial charge in [-0.15, -0.1) is 24.0 Å². The van der Waals surface area contributed by atoms with E-state index in [1.807, 2.05) is 0 Å². The fourth-order valence-corrected chi connectivity index (χ4v) is 3.53. The fourth-order valence-electron chi connectivity index (χ4n) is 3.53. The minimum absolute atomic E-state index is 0. The van der Waals surface area contributed by atoms with Gasteiger partial charge in [0.1, 0.15) is 0 Å². The summed E-state index contributed by atoms with van der Waals surface area (Å²) in [6.07, 6.45) is 1.08. The molecule has 0 aliphatic carbocycles. The van der Waals surface area contributed by atoms with E-state index in [0.29, 0.717) is 6.04 Å². The monoisotopic (exact) mass is 516 g/mol. The number of guanidine groups is 1. The predicted molar refractivity (Wildman–Crippen MR) is 137 cm³/mol. The summed E-state index contributed by atoms with van der Waals surface area (Å²) in [6.45, 7) is 15.9. The number of benzene rings is 1. The summed E-state index contributed by atoms with van der Waals surface area (Å²) in [5, 5.41) is 6.88. The SMILES string of the molecule is CCNC(=NCC(C)N1CCN(C)CC1)NCCCN(CC)c1ccccc1.I. The summed E-state index contributed by atoms with van der Waals surface area (Å²) >= 11 is 0. The van der Waals surface area contributed by atoms with E-state index < -0.39 is 0 Å². The lowest BCUT2D eigenvalue weighted by molar-refractivity contribution is 0.122. The maximum absolute atomic E-state index is 4.83. The van der Waals surface area contributed by atoms with E-state index in [-0.39, 0.29) is 24.0 Å². The van der Waals surface area contributed by atoms with E-state index in [1.165, 1.54) is 5.69 Å². The lowest BCUT2D eigenvalue weighted by Crippen LogP contribution is -2.49. The summed E-state index contributed by atoms with van der Waals surface area (Å²) in [7, 11) is 2.20. The lowest BCUT2D eigenvalue weighted by atomic mass is 10.2. The first-order valence-electron chi connectivity index (χ1n) is 10.9. The highest BCUT2D eigenvalue weighted by atomic mass is 127. The number of anilines is 1. The molecule has 0 spiro atoms. The number of halogens is 1. The Labute approximate surface area is 195 Å². The van der Waals surface area contributed by atoms with Crippen molar-refractivity contribution in [2.45, 2.75) is 33.2 Å². The van der Waals surface area contributed by atoms with Crippen LogP contribution in [0.3, 0.4) is 0 Å². The van der Waals surface area contributed by atoms with Gasteiger partial charge in [-0.05, 0) is 46.4 Å². The molecule has 1 unspecified atom stereocenters. The molecule has 1 aromatic rings. The molecule has 29 heavy (non-hydrogen) atoms. The Bertz CT molecular complexity index is 560. The van der Waals surface area contributed by atoms with Crippen LogP contribution in [0.4, 0.5) is 5.69 Å². The van der Waals surface area contributed by atoms with Crippen LogP contribution >= 0.6 is 24.0 Å². The second-order valence-corrected chi connectivity index (χ2v) is 7.60. The quantitative estimate of drug-likeness (QED) is 0.217. The summed E-state index contributed by atoms with van der Waals surface area (Å²) in [6, 6.07) is 11.1. The Balaban J connectivity index is 0.00000420. The van der Waals surface area contributed by atoms with Gasteiger partial charge in [-0.1, -0.05) is 18.2 Å². The first kappa shape index (κ1) is 26.0. The van der Waals surface area contributed by atoms with Crippen molar-refractivity contribution in [1.82, 2.24) is 20.4 Å². The first-order valence-corrected chi connectivity index (χ1v) is 10.9. The van der Waals surface area contributed by atoms with Gasteiger partial charge in [-0.25, -0.2) is 0 Å². The van der Waals surface area contributed by atoms with Gasteiger partial charge in [-0.3, -0.25) is 9.89 Å². The molecule has 1 aromatic carbocycles. The Morgan fingerprint density at radius 2 is 1.79 bits per heavy atom. The smallest absolute Gasteiger partial charge is 0.191 e. The maximum atomic E-state index is 4.83. The summed E-state index contributed by atoms with van der Waals surface area (Å²) in [5.41, 5.74) is 1.30. The molecule has 1 fully saturated rings. The highest BCUT2D eigenvalue weighted by Gasteiger charge is 2.18. The normalized spacial score (nSPS) is 16.8. The van der Waals surface area contributed by atoms with E-state index in [1.54, 1.807) is 0 Å². The average Bonchev–Trinajstić information content (AvgIpc) is 2.73. The number of hydrogen-bond acceptors (Lipinski definition) is 4. The summed E-state index contributed by atoms with van der Waals surface area (Å²) in [4.78, 5) is 12.2. The molecule has 0 radical (unpaired) electrons. The second kappa shape index (κ2) is 14.8. The van der Waals surface area contributed by atoms with Gasteiger partial charge in [0.15, 0.2) is 5.96 Å². The maximum Gasteiger partial charge on any atom is 0.191 e. The second-order valence-electron chi connectivity index (χ2n) is 7.60. The van der Waals surface area contributed by atoms with Crippen molar-refractivity contribution in [1.29, 1.82) is 0 Å². The molecule has 1 aliphatic rings.